The second-order valence-electron chi connectivity index (χ2n) is 9.86. The highest BCUT2D eigenvalue weighted by atomic mass is 32.1. The molecule has 34 heavy (non-hydrogen) atoms. The molecule has 1 aromatic heterocycles. The van der Waals surface area contributed by atoms with Crippen molar-refractivity contribution in [1.29, 1.82) is 0 Å². The molecule has 1 aliphatic heterocycles. The van der Waals surface area contributed by atoms with Crippen LogP contribution in [0.25, 0.3) is 11.4 Å². The van der Waals surface area contributed by atoms with Crippen molar-refractivity contribution in [3.63, 3.8) is 0 Å². The van der Waals surface area contributed by atoms with Gasteiger partial charge in [-0.05, 0) is 54.6 Å². The molecule has 0 saturated carbocycles. The van der Waals surface area contributed by atoms with Gasteiger partial charge in [0.2, 0.25) is 5.91 Å². The number of nitrogens with one attached hydrogen (secondary N) is 2. The Morgan fingerprint density at radius 1 is 1.12 bits per heavy atom. The minimum atomic E-state index is -0.00124. The van der Waals surface area contributed by atoms with Crippen LogP contribution in [0.1, 0.15) is 43.4 Å². The quantitative estimate of drug-likeness (QED) is 0.443. The smallest absolute Gasteiger partial charge is 0.222 e. The maximum atomic E-state index is 12.5. The lowest BCUT2D eigenvalue weighted by Crippen LogP contribution is -2.38. The fourth-order valence-corrected chi connectivity index (χ4v) is 5.20. The van der Waals surface area contributed by atoms with Crippen LogP contribution in [0, 0.1) is 23.5 Å². The lowest BCUT2D eigenvalue weighted by atomic mass is 9.91. The zero-order valence-electron chi connectivity index (χ0n) is 20.4. The maximum absolute atomic E-state index is 12.5. The molecule has 180 valence electrons. The first-order valence-electron chi connectivity index (χ1n) is 12.2. The first kappa shape index (κ1) is 24.4. The second kappa shape index (κ2) is 11.1. The third-order valence-electron chi connectivity index (χ3n) is 6.46. The number of benzene rings is 2. The van der Waals surface area contributed by atoms with Crippen molar-refractivity contribution in [2.75, 3.05) is 13.1 Å². The molecule has 7 heteroatoms. The molecule has 3 aromatic rings. The van der Waals surface area contributed by atoms with E-state index >= 15 is 0 Å². The summed E-state index contributed by atoms with van der Waals surface area (Å²) in [6.45, 7) is 11.1. The Kier molecular flexibility index (Phi) is 7.95. The molecule has 1 saturated heterocycles. The third-order valence-corrected chi connectivity index (χ3v) is 6.77. The van der Waals surface area contributed by atoms with Crippen LogP contribution in [-0.2, 0) is 24.4 Å². The molecule has 2 N–H and O–H groups in total. The van der Waals surface area contributed by atoms with E-state index in [-0.39, 0.29) is 5.91 Å². The number of piperidine rings is 1. The number of aromatic nitrogens is 3. The molecule has 2 heterocycles. The number of rotatable bonds is 8. The molecule has 0 bridgehead atoms. The van der Waals surface area contributed by atoms with Gasteiger partial charge in [-0.3, -0.25) is 19.4 Å². The molecule has 0 radical (unpaired) electrons. The van der Waals surface area contributed by atoms with Crippen molar-refractivity contribution in [1.82, 2.24) is 25.0 Å². The van der Waals surface area contributed by atoms with E-state index in [9.17, 15) is 4.79 Å². The van der Waals surface area contributed by atoms with E-state index in [0.717, 1.165) is 40.9 Å². The molecule has 1 fully saturated rings. The lowest BCUT2D eigenvalue weighted by molar-refractivity contribution is -0.121. The van der Waals surface area contributed by atoms with Crippen LogP contribution in [-0.4, -0.2) is 38.7 Å². The van der Waals surface area contributed by atoms with Crippen LogP contribution >= 0.6 is 12.2 Å². The molecule has 1 aliphatic rings. The summed E-state index contributed by atoms with van der Waals surface area (Å²) in [6, 6.07) is 16.7. The highest BCUT2D eigenvalue weighted by molar-refractivity contribution is 7.71. The number of hydrogen-bond donors (Lipinski definition) is 2. The van der Waals surface area contributed by atoms with Crippen molar-refractivity contribution >= 4 is 18.1 Å². The summed E-state index contributed by atoms with van der Waals surface area (Å²) < 4.78 is 2.42. The van der Waals surface area contributed by atoms with Gasteiger partial charge in [-0.15, -0.1) is 0 Å². The van der Waals surface area contributed by atoms with Crippen molar-refractivity contribution in [3.8, 4) is 11.4 Å². The summed E-state index contributed by atoms with van der Waals surface area (Å²) in [4.78, 5) is 15.1. The first-order chi connectivity index (χ1) is 16.4. The highest BCUT2D eigenvalue weighted by Gasteiger charge is 2.21. The fraction of sp³-hybridized carbons (Fsp3) is 0.444. The van der Waals surface area contributed by atoms with Crippen molar-refractivity contribution in [2.45, 2.75) is 53.2 Å². The number of hydrogen-bond acceptors (Lipinski definition) is 4. The van der Waals surface area contributed by atoms with E-state index in [0.29, 0.717) is 24.3 Å². The Bertz CT molecular complexity index is 1160. The SMILES string of the molecule is Cc1cccc(-c2n[nH]c(=S)n2CCC(=O)NCc2ccc(CN3C[C@@H](C)C[C@H](C)C3)cc2)c1. The molecule has 2 aromatic carbocycles. The van der Waals surface area contributed by atoms with Gasteiger partial charge in [0.1, 0.15) is 0 Å². The van der Waals surface area contributed by atoms with E-state index in [1.165, 1.54) is 25.1 Å². The first-order valence-corrected chi connectivity index (χ1v) is 12.6. The molecule has 4 rings (SSSR count). The number of H-pyrrole nitrogens is 1. The summed E-state index contributed by atoms with van der Waals surface area (Å²) in [7, 11) is 0. The van der Waals surface area contributed by atoms with Gasteiger partial charge in [-0.25, -0.2) is 0 Å². The Morgan fingerprint density at radius 2 is 1.82 bits per heavy atom. The summed E-state index contributed by atoms with van der Waals surface area (Å²) in [6.07, 6.45) is 1.67. The summed E-state index contributed by atoms with van der Waals surface area (Å²) in [5, 5.41) is 10.3. The summed E-state index contributed by atoms with van der Waals surface area (Å²) in [5.74, 6) is 2.29. The molecule has 6 nitrogen and oxygen atoms in total. The van der Waals surface area contributed by atoms with Crippen LogP contribution in [0.2, 0.25) is 0 Å². The molecular formula is C27H35N5OS. The Labute approximate surface area is 207 Å². The monoisotopic (exact) mass is 477 g/mol. The van der Waals surface area contributed by atoms with Gasteiger partial charge in [0.15, 0.2) is 10.6 Å². The number of aromatic amines is 1. The van der Waals surface area contributed by atoms with Gasteiger partial charge in [-0.1, -0.05) is 61.9 Å². The normalized spacial score (nSPS) is 18.7. The highest BCUT2D eigenvalue weighted by Crippen LogP contribution is 2.23. The fourth-order valence-electron chi connectivity index (χ4n) is 4.97. The third kappa shape index (κ3) is 6.42. The van der Waals surface area contributed by atoms with Crippen LogP contribution in [0.4, 0.5) is 0 Å². The number of amides is 1. The average Bonchev–Trinajstić information content (AvgIpc) is 3.17. The zero-order chi connectivity index (χ0) is 24.1. The standard InChI is InChI=1S/C27H35N5OS/c1-19-5-4-6-24(14-19)26-29-30-27(34)32(26)12-11-25(33)28-15-22-7-9-23(10-8-22)18-31-16-20(2)13-21(3)17-31/h4-10,14,20-21H,11-13,15-18H2,1-3H3,(H,28,33)(H,30,34)/t20-,21-/m0/s1. The summed E-state index contributed by atoms with van der Waals surface area (Å²) in [5.41, 5.74) is 4.58. The number of aryl methyl sites for hydroxylation is 1. The Hall–Kier alpha value is -2.77. The van der Waals surface area contributed by atoms with Gasteiger partial charge < -0.3 is 5.32 Å². The van der Waals surface area contributed by atoms with Crippen LogP contribution in [0.15, 0.2) is 48.5 Å². The Balaban J connectivity index is 1.27. The van der Waals surface area contributed by atoms with E-state index in [1.54, 1.807) is 0 Å². The van der Waals surface area contributed by atoms with E-state index < -0.39 is 0 Å². The zero-order valence-corrected chi connectivity index (χ0v) is 21.2. The minimum absolute atomic E-state index is 0.00124. The molecule has 1 amide bonds. The van der Waals surface area contributed by atoms with E-state index in [4.69, 9.17) is 12.2 Å². The number of carbonyl (C=O) groups is 1. The van der Waals surface area contributed by atoms with E-state index in [1.807, 2.05) is 29.7 Å². The molecule has 0 spiro atoms. The molecule has 2 atom stereocenters. The van der Waals surface area contributed by atoms with Crippen molar-refractivity contribution in [2.24, 2.45) is 11.8 Å². The molecule has 0 unspecified atom stereocenters. The van der Waals surface area contributed by atoms with Crippen LogP contribution in [0.3, 0.4) is 0 Å². The van der Waals surface area contributed by atoms with Crippen LogP contribution < -0.4 is 5.32 Å². The average molecular weight is 478 g/mol. The molecular weight excluding hydrogens is 442 g/mol. The van der Waals surface area contributed by atoms with Gasteiger partial charge in [0.05, 0.1) is 0 Å². The number of likely N-dealkylation sites (tertiary alicyclic amines) is 1. The summed E-state index contributed by atoms with van der Waals surface area (Å²) >= 11 is 5.39. The van der Waals surface area contributed by atoms with E-state index in [2.05, 4.69) is 64.6 Å². The van der Waals surface area contributed by atoms with Gasteiger partial charge in [-0.2, -0.15) is 5.10 Å². The van der Waals surface area contributed by atoms with Gasteiger partial charge in [0.25, 0.3) is 0 Å². The van der Waals surface area contributed by atoms with Crippen molar-refractivity contribution < 1.29 is 4.79 Å². The van der Waals surface area contributed by atoms with Gasteiger partial charge >= 0.3 is 0 Å². The van der Waals surface area contributed by atoms with Crippen molar-refractivity contribution in [3.05, 3.63) is 70.0 Å². The number of nitrogens with zero attached hydrogens (tertiary/aromatic N) is 3. The predicted molar refractivity (Wildman–Crippen MR) is 139 cm³/mol. The lowest BCUT2D eigenvalue weighted by Gasteiger charge is -2.35. The maximum Gasteiger partial charge on any atom is 0.222 e. The number of carbonyl (C=O) groups excluding carboxylic acids is 1. The topological polar surface area (TPSA) is 66.0 Å². The van der Waals surface area contributed by atoms with Gasteiger partial charge in [0, 0.05) is 44.7 Å². The minimum Gasteiger partial charge on any atom is -0.352 e. The second-order valence-corrected chi connectivity index (χ2v) is 10.2. The predicted octanol–water partition coefficient (Wildman–Crippen LogP) is 5.10. The molecule has 0 aliphatic carbocycles. The largest absolute Gasteiger partial charge is 0.352 e. The Morgan fingerprint density at radius 3 is 2.53 bits per heavy atom. The van der Waals surface area contributed by atoms with Crippen LogP contribution in [0.5, 0.6) is 0 Å².